The fourth-order valence-electron chi connectivity index (χ4n) is 1.92. The van der Waals surface area contributed by atoms with Crippen LogP contribution in [0.1, 0.15) is 12.0 Å². The molecule has 0 saturated carbocycles. The van der Waals surface area contributed by atoms with Crippen LogP contribution in [0.15, 0.2) is 22.7 Å². The molecular formula is C12H16BrN3S. The SMILES string of the molecule is N=C(N)c1ccc(N2CCCSCC2)cc1Br. The average molecular weight is 314 g/mol. The van der Waals surface area contributed by atoms with Gasteiger partial charge in [-0.3, -0.25) is 5.41 Å². The number of benzene rings is 1. The lowest BCUT2D eigenvalue weighted by molar-refractivity contribution is 0.816. The summed E-state index contributed by atoms with van der Waals surface area (Å²) >= 11 is 5.50. The number of anilines is 1. The third-order valence-corrected chi connectivity index (χ3v) is 4.53. The summed E-state index contributed by atoms with van der Waals surface area (Å²) in [6, 6.07) is 6.03. The molecule has 1 aliphatic rings. The Balaban J connectivity index is 2.21. The topological polar surface area (TPSA) is 53.1 Å². The monoisotopic (exact) mass is 313 g/mol. The van der Waals surface area contributed by atoms with Gasteiger partial charge in [0.05, 0.1) is 0 Å². The fraction of sp³-hybridized carbons (Fsp3) is 0.417. The van der Waals surface area contributed by atoms with Crippen molar-refractivity contribution in [3.05, 3.63) is 28.2 Å². The highest BCUT2D eigenvalue weighted by Crippen LogP contribution is 2.25. The standard InChI is InChI=1S/C12H16BrN3S/c13-11-8-9(2-3-10(11)12(14)15)16-4-1-6-17-7-5-16/h2-3,8H,1,4-7H2,(H3,14,15). The van der Waals surface area contributed by atoms with Crippen LogP contribution in [0, 0.1) is 5.41 Å². The highest BCUT2D eigenvalue weighted by molar-refractivity contribution is 9.10. The lowest BCUT2D eigenvalue weighted by Gasteiger charge is -2.23. The van der Waals surface area contributed by atoms with Crippen LogP contribution in [0.2, 0.25) is 0 Å². The Hall–Kier alpha value is -0.680. The number of hydrogen-bond donors (Lipinski definition) is 2. The van der Waals surface area contributed by atoms with E-state index in [4.69, 9.17) is 11.1 Å². The molecule has 1 fully saturated rings. The number of nitrogens with zero attached hydrogens (tertiary/aromatic N) is 1. The molecule has 92 valence electrons. The summed E-state index contributed by atoms with van der Waals surface area (Å²) in [5.41, 5.74) is 7.48. The molecule has 0 amide bonds. The first-order valence-electron chi connectivity index (χ1n) is 5.65. The molecule has 0 atom stereocenters. The highest BCUT2D eigenvalue weighted by atomic mass is 79.9. The first-order valence-corrected chi connectivity index (χ1v) is 7.60. The minimum absolute atomic E-state index is 0.106. The second-order valence-electron chi connectivity index (χ2n) is 4.03. The van der Waals surface area contributed by atoms with E-state index >= 15 is 0 Å². The van der Waals surface area contributed by atoms with Gasteiger partial charge in [-0.15, -0.1) is 0 Å². The predicted molar refractivity (Wildman–Crippen MR) is 79.3 cm³/mol. The maximum Gasteiger partial charge on any atom is 0.123 e. The molecule has 5 heteroatoms. The summed E-state index contributed by atoms with van der Waals surface area (Å²) in [5.74, 6) is 2.55. The van der Waals surface area contributed by atoms with Gasteiger partial charge in [0.1, 0.15) is 5.84 Å². The van der Waals surface area contributed by atoms with Crippen molar-refractivity contribution in [1.82, 2.24) is 0 Å². The van der Waals surface area contributed by atoms with Crippen LogP contribution in [0.3, 0.4) is 0 Å². The second kappa shape index (κ2) is 5.78. The Labute approximate surface area is 114 Å². The van der Waals surface area contributed by atoms with Crippen LogP contribution >= 0.6 is 27.7 Å². The highest BCUT2D eigenvalue weighted by Gasteiger charge is 2.12. The molecule has 0 bridgehead atoms. The van der Waals surface area contributed by atoms with Crippen molar-refractivity contribution in [3.8, 4) is 0 Å². The molecule has 0 aliphatic carbocycles. The summed E-state index contributed by atoms with van der Waals surface area (Å²) in [5, 5.41) is 7.46. The van der Waals surface area contributed by atoms with Gasteiger partial charge in [0.15, 0.2) is 0 Å². The molecular weight excluding hydrogens is 298 g/mol. The molecule has 3 nitrogen and oxygen atoms in total. The Bertz CT molecular complexity index is 414. The zero-order valence-electron chi connectivity index (χ0n) is 9.58. The molecule has 0 aromatic heterocycles. The molecule has 0 radical (unpaired) electrons. The van der Waals surface area contributed by atoms with Crippen molar-refractivity contribution < 1.29 is 0 Å². The summed E-state index contributed by atoms with van der Waals surface area (Å²) in [6.07, 6.45) is 1.23. The van der Waals surface area contributed by atoms with E-state index in [9.17, 15) is 0 Å². The van der Waals surface area contributed by atoms with E-state index < -0.39 is 0 Å². The van der Waals surface area contributed by atoms with E-state index in [0.717, 1.165) is 23.1 Å². The van der Waals surface area contributed by atoms with E-state index in [1.54, 1.807) is 0 Å². The summed E-state index contributed by atoms with van der Waals surface area (Å²) in [6.45, 7) is 2.20. The first kappa shape index (κ1) is 12.8. The quantitative estimate of drug-likeness (QED) is 0.652. The smallest absolute Gasteiger partial charge is 0.123 e. The number of nitrogens with one attached hydrogen (secondary N) is 1. The second-order valence-corrected chi connectivity index (χ2v) is 6.11. The normalized spacial score (nSPS) is 16.6. The van der Waals surface area contributed by atoms with Crippen LogP contribution < -0.4 is 10.6 Å². The Morgan fingerprint density at radius 3 is 2.88 bits per heavy atom. The Morgan fingerprint density at radius 1 is 1.35 bits per heavy atom. The maximum atomic E-state index is 7.46. The van der Waals surface area contributed by atoms with Gasteiger partial charge in [0.2, 0.25) is 0 Å². The summed E-state index contributed by atoms with van der Waals surface area (Å²) in [7, 11) is 0. The molecule has 2 rings (SSSR count). The van der Waals surface area contributed by atoms with E-state index in [2.05, 4.69) is 33.0 Å². The third-order valence-electron chi connectivity index (χ3n) is 2.83. The minimum Gasteiger partial charge on any atom is -0.384 e. The maximum absolute atomic E-state index is 7.46. The van der Waals surface area contributed by atoms with Crippen LogP contribution in [-0.4, -0.2) is 30.4 Å². The van der Waals surface area contributed by atoms with E-state index in [-0.39, 0.29) is 5.84 Å². The first-order chi connectivity index (χ1) is 8.18. The van der Waals surface area contributed by atoms with E-state index in [0.29, 0.717) is 0 Å². The zero-order chi connectivity index (χ0) is 12.3. The van der Waals surface area contributed by atoms with Gasteiger partial charge in [-0.05, 0) is 46.3 Å². The number of halogens is 1. The van der Waals surface area contributed by atoms with Gasteiger partial charge in [0.25, 0.3) is 0 Å². The molecule has 1 aromatic rings. The number of hydrogen-bond acceptors (Lipinski definition) is 3. The third kappa shape index (κ3) is 3.16. The fourth-order valence-corrected chi connectivity index (χ4v) is 3.39. The van der Waals surface area contributed by atoms with Gasteiger partial charge in [-0.2, -0.15) is 11.8 Å². The number of nitrogens with two attached hydrogens (primary N) is 1. The van der Waals surface area contributed by atoms with E-state index in [1.165, 1.54) is 23.6 Å². The number of thioether (sulfide) groups is 1. The van der Waals surface area contributed by atoms with Crippen molar-refractivity contribution in [1.29, 1.82) is 5.41 Å². The summed E-state index contributed by atoms with van der Waals surface area (Å²) < 4.78 is 0.902. The molecule has 17 heavy (non-hydrogen) atoms. The zero-order valence-corrected chi connectivity index (χ0v) is 12.0. The number of amidine groups is 1. The molecule has 1 aliphatic heterocycles. The lowest BCUT2D eigenvalue weighted by Crippen LogP contribution is -2.25. The van der Waals surface area contributed by atoms with Crippen molar-refractivity contribution in [2.24, 2.45) is 5.73 Å². The van der Waals surface area contributed by atoms with Gasteiger partial charge in [0, 0.05) is 34.6 Å². The van der Waals surface area contributed by atoms with Crippen LogP contribution in [0.5, 0.6) is 0 Å². The predicted octanol–water partition coefficient (Wildman–Crippen LogP) is 2.68. The number of nitrogen functional groups attached to an aromatic ring is 1. The van der Waals surface area contributed by atoms with Gasteiger partial charge in [-0.25, -0.2) is 0 Å². The minimum atomic E-state index is 0.106. The Kier molecular flexibility index (Phi) is 4.34. The van der Waals surface area contributed by atoms with Gasteiger partial charge >= 0.3 is 0 Å². The molecule has 0 unspecified atom stereocenters. The molecule has 1 heterocycles. The van der Waals surface area contributed by atoms with Crippen LogP contribution in [0.25, 0.3) is 0 Å². The Morgan fingerprint density at radius 2 is 2.18 bits per heavy atom. The van der Waals surface area contributed by atoms with Crippen molar-refractivity contribution in [2.75, 3.05) is 29.5 Å². The molecule has 0 spiro atoms. The van der Waals surface area contributed by atoms with Crippen molar-refractivity contribution >= 4 is 39.2 Å². The van der Waals surface area contributed by atoms with Crippen molar-refractivity contribution in [3.63, 3.8) is 0 Å². The van der Waals surface area contributed by atoms with Gasteiger partial charge < -0.3 is 10.6 Å². The molecule has 1 saturated heterocycles. The molecule has 3 N–H and O–H groups in total. The molecule has 1 aromatic carbocycles. The summed E-state index contributed by atoms with van der Waals surface area (Å²) in [4.78, 5) is 2.40. The van der Waals surface area contributed by atoms with Crippen LogP contribution in [-0.2, 0) is 0 Å². The van der Waals surface area contributed by atoms with E-state index in [1.807, 2.05) is 17.8 Å². The van der Waals surface area contributed by atoms with Gasteiger partial charge in [-0.1, -0.05) is 0 Å². The van der Waals surface area contributed by atoms with Crippen molar-refractivity contribution in [2.45, 2.75) is 6.42 Å². The largest absolute Gasteiger partial charge is 0.384 e. The number of rotatable bonds is 2. The lowest BCUT2D eigenvalue weighted by atomic mass is 10.2. The average Bonchev–Trinajstić information content (AvgIpc) is 2.56. The van der Waals surface area contributed by atoms with Crippen LogP contribution in [0.4, 0.5) is 5.69 Å².